The van der Waals surface area contributed by atoms with Crippen molar-refractivity contribution in [3.05, 3.63) is 5.82 Å². The van der Waals surface area contributed by atoms with Crippen molar-refractivity contribution >= 4 is 22.6 Å². The highest BCUT2D eigenvalue weighted by atomic mass is 32.1. The monoisotopic (exact) mass is 311 g/mol. The normalized spacial score (nSPS) is 26.4. The second-order valence-corrected chi connectivity index (χ2v) is 6.24. The number of carbonyl (C=O) groups excluding carboxylic acids is 1. The molecule has 2 aliphatic rings. The maximum Gasteiger partial charge on any atom is 0.239 e. The zero-order chi connectivity index (χ0) is 14.8. The third kappa shape index (κ3) is 3.17. The largest absolute Gasteiger partial charge is 0.392 e. The number of anilines is 1. The lowest BCUT2D eigenvalue weighted by Gasteiger charge is -2.35. The first-order valence-corrected chi connectivity index (χ1v) is 8.22. The molecule has 1 aromatic heterocycles. The van der Waals surface area contributed by atoms with Crippen LogP contribution in [-0.4, -0.2) is 70.1 Å². The highest BCUT2D eigenvalue weighted by Gasteiger charge is 2.33. The van der Waals surface area contributed by atoms with Crippen LogP contribution in [0.3, 0.4) is 0 Å². The summed E-state index contributed by atoms with van der Waals surface area (Å²) in [6, 6.07) is -0.222. The van der Waals surface area contributed by atoms with E-state index in [2.05, 4.69) is 19.6 Å². The van der Waals surface area contributed by atoms with Crippen LogP contribution in [0.25, 0.3) is 0 Å². The zero-order valence-electron chi connectivity index (χ0n) is 12.2. The first-order chi connectivity index (χ1) is 10.2. The van der Waals surface area contributed by atoms with Crippen molar-refractivity contribution in [1.82, 2.24) is 19.6 Å². The van der Waals surface area contributed by atoms with E-state index >= 15 is 0 Å². The molecule has 3 heterocycles. The zero-order valence-corrected chi connectivity index (χ0v) is 13.0. The van der Waals surface area contributed by atoms with Gasteiger partial charge >= 0.3 is 0 Å². The number of nitrogens with one attached hydrogen (secondary N) is 1. The molecule has 1 amide bonds. The maximum absolute atomic E-state index is 12.3. The molecule has 0 radical (unpaired) electrons. The van der Waals surface area contributed by atoms with Crippen LogP contribution in [0, 0.1) is 0 Å². The molecule has 0 spiro atoms. The van der Waals surface area contributed by atoms with Crippen molar-refractivity contribution < 1.29 is 9.90 Å². The molecular formula is C13H21N5O2S. The molecule has 2 unspecified atom stereocenters. The van der Waals surface area contributed by atoms with E-state index in [1.165, 1.54) is 11.5 Å². The van der Waals surface area contributed by atoms with Gasteiger partial charge in [-0.1, -0.05) is 6.92 Å². The molecule has 7 nitrogen and oxygen atoms in total. The minimum absolute atomic E-state index is 0.109. The van der Waals surface area contributed by atoms with Gasteiger partial charge in [-0.25, -0.2) is 4.98 Å². The highest BCUT2D eigenvalue weighted by Crippen LogP contribution is 2.20. The predicted octanol–water partition coefficient (Wildman–Crippen LogP) is -0.528. The van der Waals surface area contributed by atoms with Crippen molar-refractivity contribution in [2.45, 2.75) is 31.9 Å². The molecule has 0 aromatic carbocycles. The van der Waals surface area contributed by atoms with Gasteiger partial charge in [0.25, 0.3) is 0 Å². The van der Waals surface area contributed by atoms with Gasteiger partial charge in [0.1, 0.15) is 5.82 Å². The van der Waals surface area contributed by atoms with Crippen molar-refractivity contribution in [2.24, 2.45) is 0 Å². The molecule has 8 heteroatoms. The molecule has 0 aliphatic carbocycles. The molecule has 0 bridgehead atoms. The van der Waals surface area contributed by atoms with Gasteiger partial charge in [-0.3, -0.25) is 4.79 Å². The predicted molar refractivity (Wildman–Crippen MR) is 80.5 cm³/mol. The van der Waals surface area contributed by atoms with Gasteiger partial charge in [-0.05, 0) is 6.42 Å². The van der Waals surface area contributed by atoms with Gasteiger partial charge < -0.3 is 20.2 Å². The number of β-amino-alcohol motifs (C(OH)–C–C–N with tert-alkyl or cyclic N) is 1. The summed E-state index contributed by atoms with van der Waals surface area (Å²) in [5.74, 6) is 0.996. The van der Waals surface area contributed by atoms with E-state index in [9.17, 15) is 9.90 Å². The smallest absolute Gasteiger partial charge is 0.239 e. The minimum atomic E-state index is -0.394. The van der Waals surface area contributed by atoms with Crippen LogP contribution in [0.1, 0.15) is 19.2 Å². The number of carbonyl (C=O) groups is 1. The van der Waals surface area contributed by atoms with E-state index in [1.54, 1.807) is 0 Å². The Balaban J connectivity index is 1.54. The molecule has 1 aromatic rings. The van der Waals surface area contributed by atoms with Crippen LogP contribution in [-0.2, 0) is 11.2 Å². The van der Waals surface area contributed by atoms with Gasteiger partial charge in [-0.2, -0.15) is 4.37 Å². The Hall–Kier alpha value is -1.25. The SMILES string of the molecule is CCc1nsc(N2CCN(C(=O)C3CC(O)CN3)CC2)n1. The number of hydrogen-bond donors (Lipinski definition) is 2. The van der Waals surface area contributed by atoms with Crippen LogP contribution in [0.15, 0.2) is 0 Å². The Labute approximate surface area is 128 Å². The summed E-state index contributed by atoms with van der Waals surface area (Å²) in [6.45, 7) is 5.55. The minimum Gasteiger partial charge on any atom is -0.392 e. The van der Waals surface area contributed by atoms with E-state index in [0.29, 0.717) is 26.1 Å². The molecule has 2 fully saturated rings. The van der Waals surface area contributed by atoms with E-state index in [1.807, 2.05) is 11.8 Å². The van der Waals surface area contributed by atoms with E-state index < -0.39 is 6.10 Å². The summed E-state index contributed by atoms with van der Waals surface area (Å²) in [7, 11) is 0. The molecule has 116 valence electrons. The first kappa shape index (κ1) is 14.7. The Morgan fingerprint density at radius 3 is 2.76 bits per heavy atom. The quantitative estimate of drug-likeness (QED) is 0.781. The summed E-state index contributed by atoms with van der Waals surface area (Å²) >= 11 is 1.43. The highest BCUT2D eigenvalue weighted by molar-refractivity contribution is 7.09. The number of nitrogens with zero attached hydrogens (tertiary/aromatic N) is 4. The number of aliphatic hydroxyl groups is 1. The number of rotatable bonds is 3. The van der Waals surface area contributed by atoms with Crippen molar-refractivity contribution in [1.29, 1.82) is 0 Å². The average molecular weight is 311 g/mol. The fourth-order valence-corrected chi connectivity index (χ4v) is 3.56. The second kappa shape index (κ2) is 6.25. The standard InChI is InChI=1S/C13H21N5O2S/c1-2-11-15-13(21-16-11)18-5-3-17(4-6-18)12(20)10-7-9(19)8-14-10/h9-10,14,19H,2-8H2,1H3. The molecule has 2 saturated heterocycles. The summed E-state index contributed by atoms with van der Waals surface area (Å²) in [5, 5.41) is 13.5. The molecule has 21 heavy (non-hydrogen) atoms. The number of hydrogen-bond acceptors (Lipinski definition) is 7. The lowest BCUT2D eigenvalue weighted by Crippen LogP contribution is -2.53. The fourth-order valence-electron chi connectivity index (χ4n) is 2.76. The second-order valence-electron chi connectivity index (χ2n) is 5.51. The Morgan fingerprint density at radius 2 is 2.19 bits per heavy atom. The van der Waals surface area contributed by atoms with Gasteiger partial charge in [0.05, 0.1) is 12.1 Å². The molecule has 2 atom stereocenters. The van der Waals surface area contributed by atoms with Crippen LogP contribution in [0.5, 0.6) is 0 Å². The number of aryl methyl sites for hydroxylation is 1. The summed E-state index contributed by atoms with van der Waals surface area (Å²) in [6.07, 6.45) is 0.981. The number of piperazine rings is 1. The van der Waals surface area contributed by atoms with Gasteiger partial charge in [0, 0.05) is 50.7 Å². The van der Waals surface area contributed by atoms with Crippen LogP contribution >= 0.6 is 11.5 Å². The lowest BCUT2D eigenvalue weighted by atomic mass is 10.1. The van der Waals surface area contributed by atoms with Crippen molar-refractivity contribution in [2.75, 3.05) is 37.6 Å². The Morgan fingerprint density at radius 1 is 1.43 bits per heavy atom. The van der Waals surface area contributed by atoms with Crippen LogP contribution in [0.2, 0.25) is 0 Å². The van der Waals surface area contributed by atoms with Gasteiger partial charge in [0.2, 0.25) is 11.0 Å². The molecule has 0 saturated carbocycles. The third-order valence-electron chi connectivity index (χ3n) is 4.04. The number of amides is 1. The summed E-state index contributed by atoms with van der Waals surface area (Å²) in [4.78, 5) is 20.9. The van der Waals surface area contributed by atoms with E-state index in [-0.39, 0.29) is 11.9 Å². The Kier molecular flexibility index (Phi) is 4.37. The van der Waals surface area contributed by atoms with E-state index in [4.69, 9.17) is 0 Å². The summed E-state index contributed by atoms with van der Waals surface area (Å²) in [5.41, 5.74) is 0. The fraction of sp³-hybridized carbons (Fsp3) is 0.769. The van der Waals surface area contributed by atoms with Crippen molar-refractivity contribution in [3.63, 3.8) is 0 Å². The van der Waals surface area contributed by atoms with Crippen LogP contribution < -0.4 is 10.2 Å². The molecule has 2 N–H and O–H groups in total. The Bertz CT molecular complexity index is 501. The maximum atomic E-state index is 12.3. The average Bonchev–Trinajstić information content (AvgIpc) is 3.15. The lowest BCUT2D eigenvalue weighted by molar-refractivity contribution is -0.133. The van der Waals surface area contributed by atoms with Gasteiger partial charge in [0.15, 0.2) is 0 Å². The number of aliphatic hydroxyl groups excluding tert-OH is 1. The van der Waals surface area contributed by atoms with Crippen molar-refractivity contribution in [3.8, 4) is 0 Å². The molecule has 2 aliphatic heterocycles. The summed E-state index contributed by atoms with van der Waals surface area (Å²) < 4.78 is 4.31. The van der Waals surface area contributed by atoms with Crippen LogP contribution in [0.4, 0.5) is 5.13 Å². The number of aromatic nitrogens is 2. The molecular weight excluding hydrogens is 290 g/mol. The topological polar surface area (TPSA) is 81.6 Å². The first-order valence-electron chi connectivity index (χ1n) is 7.45. The molecule has 3 rings (SSSR count). The van der Waals surface area contributed by atoms with E-state index in [0.717, 1.165) is 30.5 Å². The van der Waals surface area contributed by atoms with Gasteiger partial charge in [-0.15, -0.1) is 0 Å². The third-order valence-corrected chi connectivity index (χ3v) is 4.86.